The van der Waals surface area contributed by atoms with E-state index in [-0.39, 0.29) is 12.2 Å². The predicted molar refractivity (Wildman–Crippen MR) is 113 cm³/mol. The monoisotopic (exact) mass is 398 g/mol. The van der Waals surface area contributed by atoms with E-state index in [9.17, 15) is 14.7 Å². The zero-order chi connectivity index (χ0) is 21.8. The summed E-state index contributed by atoms with van der Waals surface area (Å²) in [5.74, 6) is 0.307. The number of Topliss-reactive ketones (excluding diaryl/α,β-unsaturated/α-hetero) is 1. The van der Waals surface area contributed by atoms with Gasteiger partial charge in [0.15, 0.2) is 5.78 Å². The molecule has 1 aromatic carbocycles. The Morgan fingerprint density at radius 1 is 1.28 bits per heavy atom. The van der Waals surface area contributed by atoms with Crippen LogP contribution in [-0.2, 0) is 20.7 Å². The number of ketones is 1. The number of hydrogen-bond donors (Lipinski definition) is 1. The number of rotatable bonds is 6. The Hall–Kier alpha value is -2.66. The lowest BCUT2D eigenvalue weighted by atomic mass is 9.62. The summed E-state index contributed by atoms with van der Waals surface area (Å²) in [5, 5.41) is 11.6. The van der Waals surface area contributed by atoms with Gasteiger partial charge in [-0.2, -0.15) is 0 Å². The van der Waals surface area contributed by atoms with Crippen molar-refractivity contribution in [3.05, 3.63) is 64.8 Å². The van der Waals surface area contributed by atoms with Crippen molar-refractivity contribution in [2.45, 2.75) is 46.1 Å². The number of hydrogen-bond acceptors (Lipinski definition) is 5. The van der Waals surface area contributed by atoms with Gasteiger partial charge < -0.3 is 14.6 Å². The van der Waals surface area contributed by atoms with E-state index in [2.05, 4.69) is 4.74 Å². The number of aliphatic hydroxyl groups is 1. The first kappa shape index (κ1) is 22.6. The van der Waals surface area contributed by atoms with Crippen molar-refractivity contribution in [2.75, 3.05) is 14.2 Å². The highest BCUT2D eigenvalue weighted by molar-refractivity contribution is 5.98. The number of carbonyl (C=O) groups is 2. The average molecular weight is 398 g/mol. The van der Waals surface area contributed by atoms with Gasteiger partial charge in [0.25, 0.3) is 0 Å². The second-order valence-electron chi connectivity index (χ2n) is 8.13. The molecule has 0 aromatic heterocycles. The zero-order valence-corrected chi connectivity index (χ0v) is 18.0. The van der Waals surface area contributed by atoms with E-state index in [0.717, 1.165) is 11.3 Å². The third-order valence-corrected chi connectivity index (χ3v) is 5.64. The van der Waals surface area contributed by atoms with Gasteiger partial charge in [0.05, 0.1) is 14.2 Å². The van der Waals surface area contributed by atoms with Crippen LogP contribution < -0.4 is 4.74 Å². The van der Waals surface area contributed by atoms with Crippen LogP contribution in [-0.4, -0.2) is 36.7 Å². The van der Waals surface area contributed by atoms with Gasteiger partial charge in [-0.15, -0.1) is 0 Å². The smallest absolute Gasteiger partial charge is 0.330 e. The van der Waals surface area contributed by atoms with Gasteiger partial charge in [0.2, 0.25) is 0 Å². The molecule has 0 amide bonds. The van der Waals surface area contributed by atoms with Crippen molar-refractivity contribution in [2.24, 2.45) is 5.41 Å². The van der Waals surface area contributed by atoms with Crippen LogP contribution in [0.25, 0.3) is 0 Å². The summed E-state index contributed by atoms with van der Waals surface area (Å²) in [5.41, 5.74) is 0.831. The number of ether oxygens (including phenoxy) is 2. The molecule has 1 atom stereocenters. The molecule has 0 heterocycles. The molecule has 0 aliphatic heterocycles. The molecule has 0 saturated heterocycles. The van der Waals surface area contributed by atoms with Crippen LogP contribution in [0.3, 0.4) is 0 Å². The summed E-state index contributed by atoms with van der Waals surface area (Å²) in [6.07, 6.45) is 5.38. The highest BCUT2D eigenvalue weighted by Gasteiger charge is 2.49. The van der Waals surface area contributed by atoms with Gasteiger partial charge in [-0.3, -0.25) is 4.79 Å². The SMILES string of the molecule is COC(=O)/C=C(C)\C=C\[C@@]1(O)C(C)=C(Cc2cccc(OC)c2)C(=O)CC1(C)C. The maximum atomic E-state index is 12.9. The number of esters is 1. The van der Waals surface area contributed by atoms with E-state index in [1.165, 1.54) is 13.2 Å². The molecule has 5 heteroatoms. The molecule has 1 aliphatic rings. The predicted octanol–water partition coefficient (Wildman–Crippen LogP) is 3.96. The molecule has 1 aliphatic carbocycles. The van der Waals surface area contributed by atoms with Gasteiger partial charge in [0, 0.05) is 29.9 Å². The maximum Gasteiger partial charge on any atom is 0.330 e. The minimum absolute atomic E-state index is 0.0372. The molecule has 5 nitrogen and oxygen atoms in total. The van der Waals surface area contributed by atoms with Crippen molar-refractivity contribution >= 4 is 11.8 Å². The van der Waals surface area contributed by atoms with Crippen molar-refractivity contribution in [1.29, 1.82) is 0 Å². The topological polar surface area (TPSA) is 72.8 Å². The lowest BCUT2D eigenvalue weighted by Crippen LogP contribution is -2.49. The number of carbonyl (C=O) groups excluding carboxylic acids is 2. The van der Waals surface area contributed by atoms with Crippen LogP contribution in [0.5, 0.6) is 5.75 Å². The fourth-order valence-electron chi connectivity index (χ4n) is 3.70. The maximum absolute atomic E-state index is 12.9. The second-order valence-corrected chi connectivity index (χ2v) is 8.13. The minimum atomic E-state index is -1.32. The summed E-state index contributed by atoms with van der Waals surface area (Å²) in [4.78, 5) is 24.3. The summed E-state index contributed by atoms with van der Waals surface area (Å²) in [7, 11) is 2.92. The third-order valence-electron chi connectivity index (χ3n) is 5.64. The van der Waals surface area contributed by atoms with E-state index in [1.807, 2.05) is 38.1 Å². The largest absolute Gasteiger partial charge is 0.497 e. The Kier molecular flexibility index (Phi) is 6.85. The molecule has 0 bridgehead atoms. The number of benzene rings is 1. The molecule has 29 heavy (non-hydrogen) atoms. The Labute approximate surface area is 172 Å². The minimum Gasteiger partial charge on any atom is -0.497 e. The normalized spacial score (nSPS) is 22.2. The molecule has 156 valence electrons. The van der Waals surface area contributed by atoms with Crippen LogP contribution in [0.1, 0.15) is 39.7 Å². The fourth-order valence-corrected chi connectivity index (χ4v) is 3.70. The van der Waals surface area contributed by atoms with E-state index < -0.39 is 17.0 Å². The lowest BCUT2D eigenvalue weighted by Gasteiger charge is -2.46. The Balaban J connectivity index is 2.47. The first-order valence-electron chi connectivity index (χ1n) is 9.58. The van der Waals surface area contributed by atoms with Gasteiger partial charge in [-0.25, -0.2) is 4.79 Å². The van der Waals surface area contributed by atoms with Crippen LogP contribution >= 0.6 is 0 Å². The average Bonchev–Trinajstić information content (AvgIpc) is 2.68. The molecule has 0 fully saturated rings. The quantitative estimate of drug-likeness (QED) is 0.446. The van der Waals surface area contributed by atoms with Crippen LogP contribution in [0.15, 0.2) is 59.2 Å². The van der Waals surface area contributed by atoms with Crippen molar-refractivity contribution < 1.29 is 24.2 Å². The highest BCUT2D eigenvalue weighted by Crippen LogP contribution is 2.47. The van der Waals surface area contributed by atoms with E-state index in [1.54, 1.807) is 33.1 Å². The standard InChI is InChI=1S/C24H30O5/c1-16(12-22(26)29-6)10-11-24(27)17(2)20(21(25)15-23(24,3)4)14-18-8-7-9-19(13-18)28-5/h7-13,27H,14-15H2,1-6H3/b11-10+,16-12-/t24-/m1/s1. The lowest BCUT2D eigenvalue weighted by molar-refractivity contribution is -0.134. The Morgan fingerprint density at radius 2 is 1.97 bits per heavy atom. The number of allylic oxidation sites excluding steroid dienone is 3. The Bertz CT molecular complexity index is 888. The summed E-state index contributed by atoms with van der Waals surface area (Å²) < 4.78 is 9.91. The third kappa shape index (κ3) is 4.85. The van der Waals surface area contributed by atoms with Crippen LogP contribution in [0.4, 0.5) is 0 Å². The van der Waals surface area contributed by atoms with Gasteiger partial charge >= 0.3 is 5.97 Å². The van der Waals surface area contributed by atoms with Gasteiger partial charge in [0.1, 0.15) is 11.4 Å². The van der Waals surface area contributed by atoms with E-state index in [4.69, 9.17) is 4.74 Å². The molecule has 0 radical (unpaired) electrons. The molecule has 2 rings (SSSR count). The molecule has 0 spiro atoms. The molecule has 0 unspecified atom stereocenters. The summed E-state index contributed by atoms with van der Waals surface area (Å²) in [6.45, 7) is 7.31. The zero-order valence-electron chi connectivity index (χ0n) is 18.0. The van der Waals surface area contributed by atoms with Crippen molar-refractivity contribution in [1.82, 2.24) is 0 Å². The summed E-state index contributed by atoms with van der Waals surface area (Å²) in [6, 6.07) is 7.57. The highest BCUT2D eigenvalue weighted by atomic mass is 16.5. The van der Waals surface area contributed by atoms with Gasteiger partial charge in [-0.05, 0) is 48.8 Å². The fraction of sp³-hybridized carbons (Fsp3) is 0.417. The molecular formula is C24H30O5. The molecule has 1 aromatic rings. The Morgan fingerprint density at radius 3 is 2.59 bits per heavy atom. The van der Waals surface area contributed by atoms with E-state index >= 15 is 0 Å². The second kappa shape index (κ2) is 8.78. The van der Waals surface area contributed by atoms with Gasteiger partial charge in [-0.1, -0.05) is 32.1 Å². The van der Waals surface area contributed by atoms with Crippen molar-refractivity contribution in [3.8, 4) is 5.75 Å². The number of methoxy groups -OCH3 is 2. The van der Waals surface area contributed by atoms with E-state index in [0.29, 0.717) is 23.1 Å². The molecular weight excluding hydrogens is 368 g/mol. The van der Waals surface area contributed by atoms with Crippen LogP contribution in [0, 0.1) is 5.41 Å². The molecule has 1 N–H and O–H groups in total. The summed E-state index contributed by atoms with van der Waals surface area (Å²) >= 11 is 0. The first-order valence-corrected chi connectivity index (χ1v) is 9.58. The van der Waals surface area contributed by atoms with Crippen LogP contribution in [0.2, 0.25) is 0 Å². The molecule has 0 saturated carbocycles. The first-order chi connectivity index (χ1) is 13.5. The van der Waals surface area contributed by atoms with Crippen molar-refractivity contribution in [3.63, 3.8) is 0 Å².